The molecule has 0 saturated carbocycles. The summed E-state index contributed by atoms with van der Waals surface area (Å²) in [6.45, 7) is 8.22. The summed E-state index contributed by atoms with van der Waals surface area (Å²) >= 11 is 1.57. The first kappa shape index (κ1) is 14.3. The highest BCUT2D eigenvalue weighted by atomic mass is 32.1. The van der Waals surface area contributed by atoms with Crippen LogP contribution in [0.15, 0.2) is 0 Å². The number of carbonyl (C=O) groups is 1. The third-order valence-electron chi connectivity index (χ3n) is 3.79. The Balaban J connectivity index is 2.21. The molecule has 2 heterocycles. The molecule has 0 N–H and O–H groups in total. The number of piperazine rings is 1. The predicted molar refractivity (Wildman–Crippen MR) is 77.1 cm³/mol. The average Bonchev–Trinajstić information content (AvgIpc) is 2.76. The molecule has 1 fully saturated rings. The van der Waals surface area contributed by atoms with Gasteiger partial charge in [-0.1, -0.05) is 0 Å². The fraction of sp³-hybridized carbons (Fsp3) is 0.692. The van der Waals surface area contributed by atoms with Crippen molar-refractivity contribution in [2.75, 3.05) is 32.1 Å². The fourth-order valence-corrected chi connectivity index (χ4v) is 3.28. The van der Waals surface area contributed by atoms with Crippen molar-refractivity contribution in [2.24, 2.45) is 0 Å². The van der Waals surface area contributed by atoms with Gasteiger partial charge in [-0.15, -0.1) is 11.3 Å². The van der Waals surface area contributed by atoms with Gasteiger partial charge in [0.1, 0.15) is 0 Å². The zero-order valence-corrected chi connectivity index (χ0v) is 13.0. The standard InChI is InChI=1S/C13H21N3O2S/c1-8-6-16(7-9(2)15(8)4)13-14-11(10(3)19-13)12(17)18-5/h8-9H,6-7H2,1-5H3. The molecule has 0 radical (unpaired) electrons. The summed E-state index contributed by atoms with van der Waals surface area (Å²) in [6.07, 6.45) is 0. The van der Waals surface area contributed by atoms with E-state index in [-0.39, 0.29) is 5.97 Å². The minimum Gasteiger partial charge on any atom is -0.464 e. The van der Waals surface area contributed by atoms with Crippen molar-refractivity contribution in [2.45, 2.75) is 32.9 Å². The first-order valence-corrected chi connectivity index (χ1v) is 7.28. The largest absolute Gasteiger partial charge is 0.464 e. The zero-order valence-electron chi connectivity index (χ0n) is 12.1. The van der Waals surface area contributed by atoms with Gasteiger partial charge < -0.3 is 9.64 Å². The first-order chi connectivity index (χ1) is 8.93. The zero-order chi connectivity index (χ0) is 14.2. The van der Waals surface area contributed by atoms with Gasteiger partial charge >= 0.3 is 5.97 Å². The molecular formula is C13H21N3O2S. The van der Waals surface area contributed by atoms with E-state index in [0.29, 0.717) is 17.8 Å². The van der Waals surface area contributed by atoms with E-state index in [2.05, 4.69) is 35.7 Å². The van der Waals surface area contributed by atoms with Gasteiger partial charge in [0, 0.05) is 30.1 Å². The third kappa shape index (κ3) is 2.74. The average molecular weight is 283 g/mol. The van der Waals surface area contributed by atoms with E-state index < -0.39 is 0 Å². The number of nitrogens with zero attached hydrogens (tertiary/aromatic N) is 3. The van der Waals surface area contributed by atoms with Crippen molar-refractivity contribution in [3.05, 3.63) is 10.6 Å². The molecule has 106 valence electrons. The second kappa shape index (κ2) is 5.46. The summed E-state index contributed by atoms with van der Waals surface area (Å²) in [6, 6.07) is 0.962. The Bertz CT molecular complexity index is 462. The van der Waals surface area contributed by atoms with Crippen LogP contribution in [0.25, 0.3) is 0 Å². The van der Waals surface area contributed by atoms with E-state index >= 15 is 0 Å². The van der Waals surface area contributed by atoms with Gasteiger partial charge in [0.2, 0.25) is 0 Å². The van der Waals surface area contributed by atoms with Crippen molar-refractivity contribution in [3.8, 4) is 0 Å². The molecule has 6 heteroatoms. The van der Waals surface area contributed by atoms with Crippen molar-refractivity contribution in [1.82, 2.24) is 9.88 Å². The fourth-order valence-electron chi connectivity index (χ4n) is 2.36. The summed E-state index contributed by atoms with van der Waals surface area (Å²) in [4.78, 5) is 21.6. The lowest BCUT2D eigenvalue weighted by atomic mass is 10.1. The molecule has 0 aromatic carbocycles. The minimum atomic E-state index is -0.352. The van der Waals surface area contributed by atoms with Crippen LogP contribution in [0.2, 0.25) is 0 Å². The quantitative estimate of drug-likeness (QED) is 0.774. The van der Waals surface area contributed by atoms with Crippen LogP contribution in [0.3, 0.4) is 0 Å². The number of hydrogen-bond acceptors (Lipinski definition) is 6. The van der Waals surface area contributed by atoms with Gasteiger partial charge in [-0.2, -0.15) is 0 Å². The van der Waals surface area contributed by atoms with Crippen molar-refractivity contribution >= 4 is 22.4 Å². The molecule has 1 saturated heterocycles. The van der Waals surface area contributed by atoms with Gasteiger partial charge in [0.25, 0.3) is 0 Å². The molecule has 1 aromatic heterocycles. The molecule has 19 heavy (non-hydrogen) atoms. The number of carbonyl (C=O) groups excluding carboxylic acids is 1. The van der Waals surface area contributed by atoms with Gasteiger partial charge in [-0.3, -0.25) is 4.90 Å². The lowest BCUT2D eigenvalue weighted by Gasteiger charge is -2.42. The highest BCUT2D eigenvalue weighted by Crippen LogP contribution is 2.28. The van der Waals surface area contributed by atoms with Crippen LogP contribution in [0, 0.1) is 6.92 Å². The van der Waals surface area contributed by atoms with Crippen LogP contribution in [0.1, 0.15) is 29.2 Å². The van der Waals surface area contributed by atoms with E-state index in [1.54, 1.807) is 11.3 Å². The summed E-state index contributed by atoms with van der Waals surface area (Å²) in [5, 5.41) is 0.921. The molecule has 2 atom stereocenters. The highest BCUT2D eigenvalue weighted by Gasteiger charge is 2.29. The molecule has 1 aliphatic rings. The normalized spacial score (nSPS) is 24.6. The summed E-state index contributed by atoms with van der Waals surface area (Å²) in [5.74, 6) is -0.352. The first-order valence-electron chi connectivity index (χ1n) is 6.46. The lowest BCUT2D eigenvalue weighted by Crippen LogP contribution is -2.55. The Morgan fingerprint density at radius 3 is 2.47 bits per heavy atom. The number of hydrogen-bond donors (Lipinski definition) is 0. The number of methoxy groups -OCH3 is 1. The van der Waals surface area contributed by atoms with Crippen LogP contribution in [0.4, 0.5) is 5.13 Å². The minimum absolute atomic E-state index is 0.352. The molecule has 0 spiro atoms. The SMILES string of the molecule is COC(=O)c1nc(N2CC(C)N(C)C(C)C2)sc1C. The molecule has 2 rings (SSSR count). The molecular weight excluding hydrogens is 262 g/mol. The molecule has 2 unspecified atom stereocenters. The second-order valence-corrected chi connectivity index (χ2v) is 6.34. The molecule has 1 aliphatic heterocycles. The van der Waals surface area contributed by atoms with E-state index in [9.17, 15) is 4.79 Å². The molecule has 1 aromatic rings. The van der Waals surface area contributed by atoms with Crippen LogP contribution < -0.4 is 4.90 Å². The Hall–Kier alpha value is -1.14. The number of aryl methyl sites for hydroxylation is 1. The van der Waals surface area contributed by atoms with Gasteiger partial charge in [0.15, 0.2) is 10.8 Å². The third-order valence-corrected chi connectivity index (χ3v) is 4.83. The van der Waals surface area contributed by atoms with E-state index in [1.807, 2.05) is 6.92 Å². The van der Waals surface area contributed by atoms with E-state index in [1.165, 1.54) is 7.11 Å². The topological polar surface area (TPSA) is 45.7 Å². The van der Waals surface area contributed by atoms with Crippen LogP contribution >= 0.6 is 11.3 Å². The van der Waals surface area contributed by atoms with Crippen LogP contribution in [-0.4, -0.2) is 55.2 Å². The predicted octanol–water partition coefficient (Wildman–Crippen LogP) is 1.77. The maximum Gasteiger partial charge on any atom is 0.357 e. The highest BCUT2D eigenvalue weighted by molar-refractivity contribution is 7.15. The number of esters is 1. The second-order valence-electron chi connectivity index (χ2n) is 5.16. The number of thiazole rings is 1. The maximum absolute atomic E-state index is 11.6. The number of anilines is 1. The monoisotopic (exact) mass is 283 g/mol. The number of aromatic nitrogens is 1. The Kier molecular flexibility index (Phi) is 4.10. The summed E-state index contributed by atoms with van der Waals surface area (Å²) < 4.78 is 4.76. The van der Waals surface area contributed by atoms with Crippen molar-refractivity contribution < 1.29 is 9.53 Å². The number of ether oxygens (including phenoxy) is 1. The number of rotatable bonds is 2. The van der Waals surface area contributed by atoms with Crippen LogP contribution in [0.5, 0.6) is 0 Å². The van der Waals surface area contributed by atoms with E-state index in [4.69, 9.17) is 4.74 Å². The summed E-state index contributed by atoms with van der Waals surface area (Å²) in [7, 11) is 3.54. The molecule has 0 bridgehead atoms. The maximum atomic E-state index is 11.6. The number of likely N-dealkylation sites (N-methyl/N-ethyl adjacent to an activating group) is 1. The molecule has 0 aliphatic carbocycles. The van der Waals surface area contributed by atoms with Gasteiger partial charge in [-0.25, -0.2) is 9.78 Å². The lowest BCUT2D eigenvalue weighted by molar-refractivity contribution is 0.0594. The Morgan fingerprint density at radius 2 is 1.95 bits per heavy atom. The smallest absolute Gasteiger partial charge is 0.357 e. The van der Waals surface area contributed by atoms with Crippen molar-refractivity contribution in [1.29, 1.82) is 0 Å². The van der Waals surface area contributed by atoms with Crippen LogP contribution in [-0.2, 0) is 4.74 Å². The molecule has 5 nitrogen and oxygen atoms in total. The van der Waals surface area contributed by atoms with E-state index in [0.717, 1.165) is 23.1 Å². The summed E-state index contributed by atoms with van der Waals surface area (Å²) in [5.41, 5.74) is 0.446. The Morgan fingerprint density at radius 1 is 1.37 bits per heavy atom. The Labute approximate surface area is 118 Å². The van der Waals surface area contributed by atoms with Gasteiger partial charge in [-0.05, 0) is 27.8 Å². The van der Waals surface area contributed by atoms with Gasteiger partial charge in [0.05, 0.1) is 7.11 Å². The van der Waals surface area contributed by atoms with Crippen molar-refractivity contribution in [3.63, 3.8) is 0 Å². The molecule has 0 amide bonds.